The number of nitrogens with one attached hydrogen (secondary N) is 1. The van der Waals surface area contributed by atoms with Gasteiger partial charge in [0.25, 0.3) is 0 Å². The number of benzene rings is 2. The number of anilines is 2. The Morgan fingerprint density at radius 2 is 1.73 bits per heavy atom. The van der Waals surface area contributed by atoms with Gasteiger partial charge in [-0.3, -0.25) is 0 Å². The molecule has 0 unspecified atom stereocenters. The summed E-state index contributed by atoms with van der Waals surface area (Å²) in [4.78, 5) is 0. The Balaban J connectivity index is 2.56. The molecule has 0 atom stereocenters. The van der Waals surface area contributed by atoms with Crippen LogP contribution in [0.1, 0.15) is 0 Å². The van der Waals surface area contributed by atoms with Crippen molar-refractivity contribution in [3.63, 3.8) is 0 Å². The highest BCUT2D eigenvalue weighted by Crippen LogP contribution is 2.29. The molecule has 0 saturated heterocycles. The van der Waals surface area contributed by atoms with Crippen LogP contribution in [0.2, 0.25) is 0 Å². The van der Waals surface area contributed by atoms with E-state index in [1.165, 1.54) is 5.56 Å². The molecule has 0 aliphatic rings. The summed E-state index contributed by atoms with van der Waals surface area (Å²) < 4.78 is 0. The third kappa shape index (κ3) is 1.94. The number of hydrogen-bond donors (Lipinski definition) is 2. The third-order valence-electron chi connectivity index (χ3n) is 2.40. The lowest BCUT2D eigenvalue weighted by Crippen LogP contribution is -1.93. The predicted octanol–water partition coefficient (Wildman–Crippen LogP) is 2.98. The lowest BCUT2D eigenvalue weighted by Gasteiger charge is -2.09. The van der Waals surface area contributed by atoms with Crippen molar-refractivity contribution in [2.24, 2.45) is 0 Å². The van der Waals surface area contributed by atoms with Crippen molar-refractivity contribution in [1.82, 2.24) is 0 Å². The summed E-state index contributed by atoms with van der Waals surface area (Å²) in [6, 6.07) is 16.1. The Morgan fingerprint density at radius 3 is 2.40 bits per heavy atom. The average molecular weight is 198 g/mol. The Morgan fingerprint density at radius 1 is 1.00 bits per heavy atom. The first-order valence-corrected chi connectivity index (χ1v) is 4.94. The van der Waals surface area contributed by atoms with Gasteiger partial charge in [0.15, 0.2) is 0 Å². The highest BCUT2D eigenvalue weighted by atomic mass is 14.8. The van der Waals surface area contributed by atoms with E-state index in [0.29, 0.717) is 0 Å². The van der Waals surface area contributed by atoms with E-state index in [9.17, 15) is 0 Å². The minimum atomic E-state index is 0.785. The summed E-state index contributed by atoms with van der Waals surface area (Å²) in [6.45, 7) is 0. The zero-order chi connectivity index (χ0) is 10.7. The van der Waals surface area contributed by atoms with E-state index in [-0.39, 0.29) is 0 Å². The molecule has 76 valence electrons. The normalized spacial score (nSPS) is 9.93. The molecule has 2 heteroatoms. The van der Waals surface area contributed by atoms with Gasteiger partial charge in [0.05, 0.1) is 0 Å². The maximum atomic E-state index is 5.79. The van der Waals surface area contributed by atoms with E-state index in [4.69, 9.17) is 5.73 Å². The van der Waals surface area contributed by atoms with Gasteiger partial charge in [-0.2, -0.15) is 0 Å². The summed E-state index contributed by atoms with van der Waals surface area (Å²) in [5.41, 5.74) is 9.98. The van der Waals surface area contributed by atoms with Gasteiger partial charge in [-0.05, 0) is 23.8 Å². The first kappa shape index (κ1) is 9.59. The molecule has 0 heterocycles. The molecule has 0 bridgehead atoms. The molecule has 0 fully saturated rings. The van der Waals surface area contributed by atoms with Gasteiger partial charge in [0.1, 0.15) is 0 Å². The van der Waals surface area contributed by atoms with Gasteiger partial charge in [-0.25, -0.2) is 0 Å². The van der Waals surface area contributed by atoms with Gasteiger partial charge < -0.3 is 11.1 Å². The minimum Gasteiger partial charge on any atom is -0.399 e. The Kier molecular flexibility index (Phi) is 2.59. The highest BCUT2D eigenvalue weighted by molar-refractivity contribution is 5.80. The van der Waals surface area contributed by atoms with Crippen LogP contribution in [-0.4, -0.2) is 7.05 Å². The molecule has 3 N–H and O–H groups in total. The van der Waals surface area contributed by atoms with E-state index >= 15 is 0 Å². The van der Waals surface area contributed by atoms with Crippen LogP contribution in [0.5, 0.6) is 0 Å². The second-order valence-electron chi connectivity index (χ2n) is 3.42. The molecular weight excluding hydrogens is 184 g/mol. The van der Waals surface area contributed by atoms with Crippen LogP contribution in [0.25, 0.3) is 11.1 Å². The molecule has 2 rings (SSSR count). The van der Waals surface area contributed by atoms with Crippen molar-refractivity contribution in [3.05, 3.63) is 48.5 Å². The minimum absolute atomic E-state index is 0.785. The fraction of sp³-hybridized carbons (Fsp3) is 0.0769. The number of hydrogen-bond acceptors (Lipinski definition) is 2. The molecule has 0 aliphatic heterocycles. The number of nitrogens with two attached hydrogens (primary N) is 1. The van der Waals surface area contributed by atoms with Crippen LogP contribution < -0.4 is 11.1 Å². The summed E-state index contributed by atoms with van der Waals surface area (Å²) in [5, 5.41) is 3.17. The maximum absolute atomic E-state index is 5.79. The van der Waals surface area contributed by atoms with Crippen molar-refractivity contribution >= 4 is 11.4 Å². The van der Waals surface area contributed by atoms with E-state index in [0.717, 1.165) is 16.9 Å². The van der Waals surface area contributed by atoms with Crippen LogP contribution in [-0.2, 0) is 0 Å². The molecule has 2 nitrogen and oxygen atoms in total. The molecule has 0 saturated carbocycles. The van der Waals surface area contributed by atoms with Gasteiger partial charge >= 0.3 is 0 Å². The first-order valence-electron chi connectivity index (χ1n) is 4.94. The topological polar surface area (TPSA) is 38.0 Å². The molecular formula is C13H14N2. The SMILES string of the molecule is CNc1ccc(N)cc1-c1ccccc1. The van der Waals surface area contributed by atoms with Crippen LogP contribution in [0.3, 0.4) is 0 Å². The summed E-state index contributed by atoms with van der Waals surface area (Å²) in [5.74, 6) is 0. The van der Waals surface area contributed by atoms with E-state index in [1.54, 1.807) is 0 Å². The monoisotopic (exact) mass is 198 g/mol. The van der Waals surface area contributed by atoms with Crippen molar-refractivity contribution in [2.75, 3.05) is 18.1 Å². The number of nitrogen functional groups attached to an aromatic ring is 1. The Labute approximate surface area is 89.7 Å². The zero-order valence-corrected chi connectivity index (χ0v) is 8.70. The quantitative estimate of drug-likeness (QED) is 0.728. The van der Waals surface area contributed by atoms with Gasteiger partial charge in [-0.15, -0.1) is 0 Å². The third-order valence-corrected chi connectivity index (χ3v) is 2.40. The van der Waals surface area contributed by atoms with Crippen LogP contribution in [0.15, 0.2) is 48.5 Å². The molecule has 0 aromatic heterocycles. The highest BCUT2D eigenvalue weighted by Gasteiger charge is 2.03. The van der Waals surface area contributed by atoms with Gasteiger partial charge in [0, 0.05) is 24.0 Å². The second kappa shape index (κ2) is 4.05. The standard InChI is InChI=1S/C13H14N2/c1-15-13-8-7-11(14)9-12(13)10-5-3-2-4-6-10/h2-9,15H,14H2,1H3. The Bertz CT molecular complexity index is 449. The van der Waals surface area contributed by atoms with E-state index in [1.807, 2.05) is 43.4 Å². The molecule has 0 spiro atoms. The van der Waals surface area contributed by atoms with Gasteiger partial charge in [0.2, 0.25) is 0 Å². The van der Waals surface area contributed by atoms with Crippen LogP contribution in [0.4, 0.5) is 11.4 Å². The molecule has 0 amide bonds. The lowest BCUT2D eigenvalue weighted by atomic mass is 10.0. The molecule has 0 aliphatic carbocycles. The summed E-state index contributed by atoms with van der Waals surface area (Å²) in [6.07, 6.45) is 0. The second-order valence-corrected chi connectivity index (χ2v) is 3.42. The van der Waals surface area contributed by atoms with Crippen LogP contribution in [0, 0.1) is 0 Å². The largest absolute Gasteiger partial charge is 0.399 e. The molecule has 2 aromatic rings. The molecule has 0 radical (unpaired) electrons. The smallest absolute Gasteiger partial charge is 0.0418 e. The molecule has 2 aromatic carbocycles. The van der Waals surface area contributed by atoms with Crippen LogP contribution >= 0.6 is 0 Å². The number of rotatable bonds is 2. The maximum Gasteiger partial charge on any atom is 0.0418 e. The first-order chi connectivity index (χ1) is 7.31. The van der Waals surface area contributed by atoms with E-state index < -0.39 is 0 Å². The fourth-order valence-electron chi connectivity index (χ4n) is 1.64. The van der Waals surface area contributed by atoms with E-state index in [2.05, 4.69) is 17.4 Å². The van der Waals surface area contributed by atoms with Crippen molar-refractivity contribution in [1.29, 1.82) is 0 Å². The fourth-order valence-corrected chi connectivity index (χ4v) is 1.64. The summed E-state index contributed by atoms with van der Waals surface area (Å²) in [7, 11) is 1.91. The zero-order valence-electron chi connectivity index (χ0n) is 8.70. The van der Waals surface area contributed by atoms with Crippen molar-refractivity contribution < 1.29 is 0 Å². The predicted molar refractivity (Wildman–Crippen MR) is 65.8 cm³/mol. The van der Waals surface area contributed by atoms with Crippen molar-refractivity contribution in [3.8, 4) is 11.1 Å². The van der Waals surface area contributed by atoms with Crippen molar-refractivity contribution in [2.45, 2.75) is 0 Å². The summed E-state index contributed by atoms with van der Waals surface area (Å²) >= 11 is 0. The lowest BCUT2D eigenvalue weighted by molar-refractivity contribution is 1.50. The van der Waals surface area contributed by atoms with Gasteiger partial charge in [-0.1, -0.05) is 30.3 Å². The molecule has 15 heavy (non-hydrogen) atoms. The average Bonchev–Trinajstić information content (AvgIpc) is 2.30. The Hall–Kier alpha value is -1.96.